The first-order valence-corrected chi connectivity index (χ1v) is 9.46. The molecule has 0 saturated carbocycles. The van der Waals surface area contributed by atoms with Gasteiger partial charge in [0.2, 0.25) is 0 Å². The van der Waals surface area contributed by atoms with Crippen molar-refractivity contribution in [3.05, 3.63) is 47.3 Å². The molecule has 1 aliphatic heterocycles. The summed E-state index contributed by atoms with van der Waals surface area (Å²) in [5.41, 5.74) is 0.865. The average Bonchev–Trinajstić information content (AvgIpc) is 3.20. The minimum atomic E-state index is -3.08. The topological polar surface area (TPSA) is 123 Å². The van der Waals surface area contributed by atoms with Crippen molar-refractivity contribution in [3.63, 3.8) is 0 Å². The molecule has 3 aromatic heterocycles. The van der Waals surface area contributed by atoms with Gasteiger partial charge < -0.3 is 4.98 Å². The van der Waals surface area contributed by atoms with Gasteiger partial charge in [-0.15, -0.1) is 0 Å². The van der Waals surface area contributed by atoms with Gasteiger partial charge in [-0.25, -0.2) is 23.1 Å². The Balaban J connectivity index is 1.84. The van der Waals surface area contributed by atoms with Crippen molar-refractivity contribution in [1.82, 2.24) is 29.7 Å². The van der Waals surface area contributed by atoms with E-state index in [1.807, 2.05) is 0 Å². The molecule has 9 nitrogen and oxygen atoms in total. The standard InChI is InChI=1S/C15H14N6O3S/c22-13-8-17-12(7-18-13)15-19-14(10-1-4-16-5-2-10)20-21(15)11-3-6-25(23,24)9-11/h1-2,4-5,7-8,11H,3,6,9H2,(H,18,22)/t11-/m1/s1. The van der Waals surface area contributed by atoms with E-state index in [4.69, 9.17) is 0 Å². The van der Waals surface area contributed by atoms with Gasteiger partial charge in [-0.2, -0.15) is 5.10 Å². The molecule has 1 saturated heterocycles. The highest BCUT2D eigenvalue weighted by atomic mass is 32.2. The molecule has 1 fully saturated rings. The maximum Gasteiger partial charge on any atom is 0.266 e. The molecular weight excluding hydrogens is 344 g/mol. The van der Waals surface area contributed by atoms with E-state index in [0.717, 1.165) is 11.8 Å². The van der Waals surface area contributed by atoms with E-state index in [9.17, 15) is 13.2 Å². The largest absolute Gasteiger partial charge is 0.325 e. The lowest BCUT2D eigenvalue weighted by Crippen LogP contribution is -2.15. The fourth-order valence-corrected chi connectivity index (χ4v) is 4.50. The van der Waals surface area contributed by atoms with Crippen LogP contribution in [0.25, 0.3) is 22.9 Å². The van der Waals surface area contributed by atoms with Gasteiger partial charge in [-0.3, -0.25) is 9.78 Å². The predicted molar refractivity (Wildman–Crippen MR) is 89.4 cm³/mol. The maximum absolute atomic E-state index is 11.9. The highest BCUT2D eigenvalue weighted by Gasteiger charge is 2.32. The van der Waals surface area contributed by atoms with Crippen LogP contribution in [0.15, 0.2) is 41.7 Å². The molecule has 1 N–H and O–H groups in total. The fourth-order valence-electron chi connectivity index (χ4n) is 2.81. The normalized spacial score (nSPS) is 19.1. The van der Waals surface area contributed by atoms with Crippen molar-refractivity contribution in [1.29, 1.82) is 0 Å². The number of rotatable bonds is 3. The van der Waals surface area contributed by atoms with Gasteiger partial charge in [0.25, 0.3) is 5.56 Å². The fraction of sp³-hybridized carbons (Fsp3) is 0.267. The van der Waals surface area contributed by atoms with Crippen molar-refractivity contribution >= 4 is 9.84 Å². The second-order valence-corrected chi connectivity index (χ2v) is 8.02. The smallest absolute Gasteiger partial charge is 0.266 e. The number of aromatic amines is 1. The SMILES string of the molecule is O=c1cnc(-c2nc(-c3ccncc3)nn2[C@@H]2CCS(=O)(=O)C2)c[nH]1. The van der Waals surface area contributed by atoms with E-state index < -0.39 is 9.84 Å². The summed E-state index contributed by atoms with van der Waals surface area (Å²) in [6, 6.07) is 3.24. The first-order valence-electron chi connectivity index (χ1n) is 7.64. The van der Waals surface area contributed by atoms with Crippen LogP contribution >= 0.6 is 0 Å². The van der Waals surface area contributed by atoms with Crippen molar-refractivity contribution in [2.24, 2.45) is 0 Å². The maximum atomic E-state index is 11.9. The van der Waals surface area contributed by atoms with E-state index in [-0.39, 0.29) is 23.1 Å². The molecule has 25 heavy (non-hydrogen) atoms. The van der Waals surface area contributed by atoms with Crippen LogP contribution in [-0.2, 0) is 9.84 Å². The molecule has 0 radical (unpaired) electrons. The van der Waals surface area contributed by atoms with Gasteiger partial charge >= 0.3 is 0 Å². The summed E-state index contributed by atoms with van der Waals surface area (Å²) in [4.78, 5) is 26.4. The van der Waals surface area contributed by atoms with Crippen LogP contribution in [0.1, 0.15) is 12.5 Å². The van der Waals surface area contributed by atoms with Crippen LogP contribution in [0.2, 0.25) is 0 Å². The lowest BCUT2D eigenvalue weighted by atomic mass is 10.2. The predicted octanol–water partition coefficient (Wildman–Crippen LogP) is 0.450. The summed E-state index contributed by atoms with van der Waals surface area (Å²) in [6.07, 6.45) is 6.34. The number of aromatic nitrogens is 6. The molecule has 10 heteroatoms. The Morgan fingerprint density at radius 1 is 1.24 bits per heavy atom. The van der Waals surface area contributed by atoms with Crippen molar-refractivity contribution < 1.29 is 8.42 Å². The first-order chi connectivity index (χ1) is 12.0. The van der Waals surface area contributed by atoms with Gasteiger partial charge in [0.1, 0.15) is 5.69 Å². The quantitative estimate of drug-likeness (QED) is 0.721. The van der Waals surface area contributed by atoms with Gasteiger partial charge in [-0.1, -0.05) is 0 Å². The molecule has 128 valence electrons. The van der Waals surface area contributed by atoms with Crippen LogP contribution < -0.4 is 5.56 Å². The Morgan fingerprint density at radius 2 is 2.04 bits per heavy atom. The Labute approximate surface area is 142 Å². The number of nitrogens with one attached hydrogen (secondary N) is 1. The Kier molecular flexibility index (Phi) is 3.68. The van der Waals surface area contributed by atoms with Crippen molar-refractivity contribution in [3.8, 4) is 22.9 Å². The van der Waals surface area contributed by atoms with E-state index in [2.05, 4.69) is 25.0 Å². The lowest BCUT2D eigenvalue weighted by molar-refractivity contribution is 0.504. The van der Waals surface area contributed by atoms with Crippen LogP contribution in [0.5, 0.6) is 0 Å². The Bertz CT molecular complexity index is 1050. The van der Waals surface area contributed by atoms with Crippen LogP contribution in [0.4, 0.5) is 0 Å². The summed E-state index contributed by atoms with van der Waals surface area (Å²) in [5.74, 6) is 1.02. The number of nitrogens with zero attached hydrogens (tertiary/aromatic N) is 5. The van der Waals surface area contributed by atoms with E-state index in [0.29, 0.717) is 23.8 Å². The number of sulfone groups is 1. The summed E-state index contributed by atoms with van der Waals surface area (Å²) >= 11 is 0. The molecule has 0 unspecified atom stereocenters. The van der Waals surface area contributed by atoms with Crippen molar-refractivity contribution in [2.75, 3.05) is 11.5 Å². The van der Waals surface area contributed by atoms with Gasteiger partial charge in [-0.05, 0) is 18.6 Å². The van der Waals surface area contributed by atoms with Crippen LogP contribution in [-0.4, -0.2) is 49.6 Å². The summed E-state index contributed by atoms with van der Waals surface area (Å²) in [5, 5.41) is 4.51. The second kappa shape index (κ2) is 5.88. The minimum absolute atomic E-state index is 0.0164. The summed E-state index contributed by atoms with van der Waals surface area (Å²) in [7, 11) is -3.08. The molecule has 3 aromatic rings. The molecule has 4 rings (SSSR count). The highest BCUT2D eigenvalue weighted by molar-refractivity contribution is 7.91. The molecule has 1 atom stereocenters. The number of pyridine rings is 1. The number of H-pyrrole nitrogens is 1. The van der Waals surface area contributed by atoms with Crippen LogP contribution in [0.3, 0.4) is 0 Å². The minimum Gasteiger partial charge on any atom is -0.325 e. The molecule has 4 heterocycles. The zero-order valence-electron chi connectivity index (χ0n) is 13.0. The number of hydrogen-bond acceptors (Lipinski definition) is 7. The summed E-state index contributed by atoms with van der Waals surface area (Å²) in [6.45, 7) is 0. The Morgan fingerprint density at radius 3 is 2.68 bits per heavy atom. The molecule has 0 bridgehead atoms. The van der Waals surface area contributed by atoms with Gasteiger partial charge in [0, 0.05) is 24.2 Å². The molecule has 0 aromatic carbocycles. The monoisotopic (exact) mass is 358 g/mol. The molecule has 1 aliphatic rings. The molecule has 0 aliphatic carbocycles. The third kappa shape index (κ3) is 3.07. The van der Waals surface area contributed by atoms with E-state index in [1.165, 1.54) is 6.20 Å². The molecular formula is C15H14N6O3S. The third-order valence-electron chi connectivity index (χ3n) is 4.03. The summed E-state index contributed by atoms with van der Waals surface area (Å²) < 4.78 is 25.3. The molecule has 0 amide bonds. The first kappa shape index (κ1) is 15.6. The van der Waals surface area contributed by atoms with Gasteiger partial charge in [0.05, 0.1) is 23.7 Å². The van der Waals surface area contributed by atoms with E-state index in [1.54, 1.807) is 29.2 Å². The van der Waals surface area contributed by atoms with Gasteiger partial charge in [0.15, 0.2) is 21.5 Å². The second-order valence-electron chi connectivity index (χ2n) is 5.79. The molecule has 0 spiro atoms. The third-order valence-corrected chi connectivity index (χ3v) is 5.78. The Hall–Kier alpha value is -2.88. The highest BCUT2D eigenvalue weighted by Crippen LogP contribution is 2.29. The zero-order valence-corrected chi connectivity index (χ0v) is 13.8. The van der Waals surface area contributed by atoms with Crippen LogP contribution in [0, 0.1) is 0 Å². The zero-order chi connectivity index (χ0) is 17.4. The lowest BCUT2D eigenvalue weighted by Gasteiger charge is -2.10. The van der Waals surface area contributed by atoms with Crippen molar-refractivity contribution in [2.45, 2.75) is 12.5 Å². The van der Waals surface area contributed by atoms with E-state index >= 15 is 0 Å². The number of hydrogen-bond donors (Lipinski definition) is 1. The average molecular weight is 358 g/mol.